The lowest BCUT2D eigenvalue weighted by molar-refractivity contribution is -0.120. The number of benzene rings is 1. The van der Waals surface area contributed by atoms with Gasteiger partial charge in [0.1, 0.15) is 5.75 Å². The summed E-state index contributed by atoms with van der Waals surface area (Å²) < 4.78 is 5.26. The number of hydrazine groups is 1. The fraction of sp³-hybridized carbons (Fsp3) is 0.273. The van der Waals surface area contributed by atoms with Crippen LogP contribution in [-0.4, -0.2) is 25.6 Å². The van der Waals surface area contributed by atoms with Gasteiger partial charge in [0.15, 0.2) is 6.61 Å². The second-order valence-electron chi connectivity index (χ2n) is 3.80. The first-order valence-electron chi connectivity index (χ1n) is 5.41. The molecule has 1 aliphatic rings. The third-order valence-electron chi connectivity index (χ3n) is 2.57. The van der Waals surface area contributed by atoms with Gasteiger partial charge >= 0.3 is 6.03 Å². The number of nitrogens with one attached hydrogen (secondary N) is 2. The molecule has 0 fully saturated rings. The van der Waals surface area contributed by atoms with Crippen LogP contribution in [0.25, 0.3) is 0 Å². The molecule has 1 heterocycles. The lowest BCUT2D eigenvalue weighted by Gasteiger charge is -2.27. The second kappa shape index (κ2) is 5.03. The van der Waals surface area contributed by atoms with E-state index in [1.165, 1.54) is 0 Å². The van der Waals surface area contributed by atoms with Crippen LogP contribution in [-0.2, 0) is 11.3 Å². The maximum Gasteiger partial charge on any atom is 0.343 e. The maximum atomic E-state index is 11.7. The van der Waals surface area contributed by atoms with Gasteiger partial charge in [-0.3, -0.25) is 10.2 Å². The summed E-state index contributed by atoms with van der Waals surface area (Å²) in [5, 5.41) is 2.99. The van der Waals surface area contributed by atoms with Crippen molar-refractivity contribution in [1.29, 1.82) is 0 Å². The molecule has 3 amide bonds. The molecule has 0 radical (unpaired) electrons. The SMILES string of the molecule is CNCc1ccc2c(c1)N(C(=O)NN)C(=O)CO2. The summed E-state index contributed by atoms with van der Waals surface area (Å²) in [5.41, 5.74) is 3.29. The van der Waals surface area contributed by atoms with Gasteiger partial charge in [-0.25, -0.2) is 15.5 Å². The third-order valence-corrected chi connectivity index (χ3v) is 2.57. The Kier molecular flexibility index (Phi) is 3.45. The summed E-state index contributed by atoms with van der Waals surface area (Å²) in [6, 6.07) is 4.64. The van der Waals surface area contributed by atoms with E-state index in [0.717, 1.165) is 10.5 Å². The number of rotatable bonds is 2. The summed E-state index contributed by atoms with van der Waals surface area (Å²) in [5.74, 6) is 5.10. The minimum Gasteiger partial charge on any atom is -0.482 e. The zero-order valence-corrected chi connectivity index (χ0v) is 9.90. The number of nitrogens with two attached hydrogens (primary N) is 1. The van der Waals surface area contributed by atoms with Crippen molar-refractivity contribution in [2.75, 3.05) is 18.6 Å². The van der Waals surface area contributed by atoms with Gasteiger partial charge in [-0.2, -0.15) is 0 Å². The molecular weight excluding hydrogens is 236 g/mol. The van der Waals surface area contributed by atoms with Crippen molar-refractivity contribution in [3.8, 4) is 5.75 Å². The number of imide groups is 1. The van der Waals surface area contributed by atoms with Crippen LogP contribution in [0, 0.1) is 0 Å². The van der Waals surface area contributed by atoms with E-state index >= 15 is 0 Å². The molecule has 0 saturated carbocycles. The number of carbonyl (C=O) groups is 2. The van der Waals surface area contributed by atoms with E-state index in [-0.39, 0.29) is 6.61 Å². The van der Waals surface area contributed by atoms with Gasteiger partial charge in [0.25, 0.3) is 5.91 Å². The number of fused-ring (bicyclic) bond motifs is 1. The number of urea groups is 1. The molecule has 0 saturated heterocycles. The molecule has 0 atom stereocenters. The molecule has 0 aliphatic carbocycles. The van der Waals surface area contributed by atoms with Gasteiger partial charge in [-0.05, 0) is 24.7 Å². The van der Waals surface area contributed by atoms with Crippen molar-refractivity contribution >= 4 is 17.6 Å². The van der Waals surface area contributed by atoms with E-state index in [9.17, 15) is 9.59 Å². The van der Waals surface area contributed by atoms with Crippen molar-refractivity contribution in [3.05, 3.63) is 23.8 Å². The number of anilines is 1. The first-order chi connectivity index (χ1) is 8.67. The average Bonchev–Trinajstić information content (AvgIpc) is 2.38. The maximum absolute atomic E-state index is 11.7. The normalized spacial score (nSPS) is 13.9. The fourth-order valence-electron chi connectivity index (χ4n) is 1.80. The Morgan fingerprint density at radius 3 is 3.00 bits per heavy atom. The highest BCUT2D eigenvalue weighted by atomic mass is 16.5. The molecule has 18 heavy (non-hydrogen) atoms. The molecule has 0 bridgehead atoms. The van der Waals surface area contributed by atoms with Gasteiger partial charge in [0, 0.05) is 6.54 Å². The van der Waals surface area contributed by atoms with Gasteiger partial charge in [0.05, 0.1) is 5.69 Å². The highest BCUT2D eigenvalue weighted by Gasteiger charge is 2.30. The molecule has 7 nitrogen and oxygen atoms in total. The number of hydrogen-bond donors (Lipinski definition) is 3. The molecule has 4 N–H and O–H groups in total. The Labute approximate surface area is 104 Å². The first-order valence-corrected chi connectivity index (χ1v) is 5.41. The summed E-state index contributed by atoms with van der Waals surface area (Å²) in [4.78, 5) is 24.3. The third kappa shape index (κ3) is 2.13. The molecule has 0 aromatic heterocycles. The molecule has 2 rings (SSSR count). The van der Waals surface area contributed by atoms with Gasteiger partial charge < -0.3 is 10.1 Å². The topological polar surface area (TPSA) is 96.7 Å². The molecular formula is C11H14N4O3. The van der Waals surface area contributed by atoms with E-state index in [1.807, 2.05) is 18.5 Å². The first kappa shape index (κ1) is 12.3. The van der Waals surface area contributed by atoms with Crippen LogP contribution in [0.4, 0.5) is 10.5 Å². The standard InChI is InChI=1S/C11H14N4O3/c1-13-5-7-2-3-9-8(4-7)15(11(17)14-12)10(16)6-18-9/h2-4,13H,5-6,12H2,1H3,(H,14,17). The molecule has 96 valence electrons. The summed E-state index contributed by atoms with van der Waals surface area (Å²) >= 11 is 0. The Hall–Kier alpha value is -2.12. The van der Waals surface area contributed by atoms with Gasteiger partial charge in [0.2, 0.25) is 0 Å². The van der Waals surface area contributed by atoms with E-state index in [1.54, 1.807) is 12.1 Å². The second-order valence-corrected chi connectivity index (χ2v) is 3.80. The highest BCUT2D eigenvalue weighted by molar-refractivity contribution is 6.16. The van der Waals surface area contributed by atoms with Crippen LogP contribution in [0.15, 0.2) is 18.2 Å². The number of amides is 3. The summed E-state index contributed by atoms with van der Waals surface area (Å²) in [7, 11) is 1.81. The Morgan fingerprint density at radius 2 is 2.33 bits per heavy atom. The number of nitrogens with zero attached hydrogens (tertiary/aromatic N) is 1. The van der Waals surface area contributed by atoms with E-state index in [4.69, 9.17) is 10.6 Å². The van der Waals surface area contributed by atoms with Crippen LogP contribution < -0.4 is 26.2 Å². The molecule has 1 aromatic rings. The smallest absolute Gasteiger partial charge is 0.343 e. The Morgan fingerprint density at radius 1 is 1.56 bits per heavy atom. The molecule has 0 spiro atoms. The minimum absolute atomic E-state index is 0.175. The van der Waals surface area contributed by atoms with Crippen LogP contribution in [0.1, 0.15) is 5.56 Å². The lowest BCUT2D eigenvalue weighted by atomic mass is 10.1. The largest absolute Gasteiger partial charge is 0.482 e. The van der Waals surface area contributed by atoms with E-state index in [0.29, 0.717) is 18.0 Å². The van der Waals surface area contributed by atoms with Crippen molar-refractivity contribution < 1.29 is 14.3 Å². The van der Waals surface area contributed by atoms with Crippen LogP contribution >= 0.6 is 0 Å². The van der Waals surface area contributed by atoms with Crippen LogP contribution in [0.3, 0.4) is 0 Å². The monoisotopic (exact) mass is 250 g/mol. The highest BCUT2D eigenvalue weighted by Crippen LogP contribution is 2.32. The Balaban J connectivity index is 2.43. The zero-order valence-electron chi connectivity index (χ0n) is 9.90. The van der Waals surface area contributed by atoms with Crippen LogP contribution in [0.5, 0.6) is 5.75 Å². The molecule has 1 aliphatic heterocycles. The van der Waals surface area contributed by atoms with Crippen LogP contribution in [0.2, 0.25) is 0 Å². The van der Waals surface area contributed by atoms with Crippen molar-refractivity contribution in [2.24, 2.45) is 5.84 Å². The Bertz CT molecular complexity index is 489. The van der Waals surface area contributed by atoms with Crippen molar-refractivity contribution in [3.63, 3.8) is 0 Å². The summed E-state index contributed by atoms with van der Waals surface area (Å²) in [6.07, 6.45) is 0. The molecule has 0 unspecified atom stereocenters. The number of hydrogen-bond acceptors (Lipinski definition) is 5. The van der Waals surface area contributed by atoms with E-state index < -0.39 is 11.9 Å². The van der Waals surface area contributed by atoms with Gasteiger partial charge in [-0.15, -0.1) is 0 Å². The zero-order chi connectivity index (χ0) is 13.1. The number of ether oxygens (including phenoxy) is 1. The lowest BCUT2D eigenvalue weighted by Crippen LogP contribution is -2.50. The molecule has 1 aromatic carbocycles. The molecule has 7 heteroatoms. The van der Waals surface area contributed by atoms with Crippen molar-refractivity contribution in [1.82, 2.24) is 10.7 Å². The predicted molar refractivity (Wildman–Crippen MR) is 64.9 cm³/mol. The van der Waals surface area contributed by atoms with E-state index in [2.05, 4.69) is 5.32 Å². The quantitative estimate of drug-likeness (QED) is 0.381. The number of carbonyl (C=O) groups excluding carboxylic acids is 2. The average molecular weight is 250 g/mol. The summed E-state index contributed by atoms with van der Waals surface area (Å²) in [6.45, 7) is 0.450. The fourth-order valence-corrected chi connectivity index (χ4v) is 1.80. The van der Waals surface area contributed by atoms with Gasteiger partial charge in [-0.1, -0.05) is 6.07 Å². The predicted octanol–water partition coefficient (Wildman–Crippen LogP) is -0.285. The minimum atomic E-state index is -0.675. The van der Waals surface area contributed by atoms with Crippen molar-refractivity contribution in [2.45, 2.75) is 6.54 Å².